The minimum atomic E-state index is -3.47. The summed E-state index contributed by atoms with van der Waals surface area (Å²) in [6.45, 7) is 15.7. The molecule has 0 rings (SSSR count). The lowest BCUT2D eigenvalue weighted by Gasteiger charge is -2.43. The van der Waals surface area contributed by atoms with Gasteiger partial charge in [-0.25, -0.2) is 9.34 Å². The zero-order valence-electron chi connectivity index (χ0n) is 12.5. The number of rotatable bonds is 6. The Hall–Kier alpha value is 0.110. The summed E-state index contributed by atoms with van der Waals surface area (Å²) in [5, 5.41) is 0. The third-order valence-corrected chi connectivity index (χ3v) is 5.77. The van der Waals surface area contributed by atoms with Gasteiger partial charge in [-0.05, 0) is 55.4 Å². The van der Waals surface area contributed by atoms with Crippen molar-refractivity contribution in [3.05, 3.63) is 0 Å². The van der Waals surface area contributed by atoms with Gasteiger partial charge in [-0.3, -0.25) is 4.57 Å². The molecule has 0 radical (unpaired) electrons. The fraction of sp³-hybridized carbons (Fsp3) is 1.00. The maximum Gasteiger partial charge on any atom is 0.344 e. The minimum absolute atomic E-state index is 0.0471. The molecule has 0 amide bonds. The van der Waals surface area contributed by atoms with E-state index in [0.29, 0.717) is 0 Å². The van der Waals surface area contributed by atoms with Crippen LogP contribution in [-0.4, -0.2) is 38.4 Å². The Bertz CT molecular complexity index is 238. The van der Waals surface area contributed by atoms with Crippen molar-refractivity contribution in [2.45, 2.75) is 79.6 Å². The summed E-state index contributed by atoms with van der Waals surface area (Å²) in [6, 6.07) is 0.188. The van der Waals surface area contributed by atoms with E-state index in [9.17, 15) is 9.46 Å². The Morgan fingerprint density at radius 3 is 1.00 bits per heavy atom. The lowest BCUT2D eigenvalue weighted by molar-refractivity contribution is 0.182. The average Bonchev–Trinajstić information content (AvgIpc) is 1.96. The quantitative estimate of drug-likeness (QED) is 0.747. The minimum Gasteiger partial charge on any atom is -0.322 e. The average molecular weight is 264 g/mol. The van der Waals surface area contributed by atoms with Gasteiger partial charge in [0.25, 0.3) is 0 Å². The topological polar surface area (TPSA) is 43.8 Å². The summed E-state index contributed by atoms with van der Waals surface area (Å²) in [5.74, 6) is 0. The van der Waals surface area contributed by atoms with Gasteiger partial charge in [-0.1, -0.05) is 0 Å². The number of hydrogen-bond donors (Lipinski definition) is 1. The fourth-order valence-electron chi connectivity index (χ4n) is 2.52. The maximum atomic E-state index is 12.8. The van der Waals surface area contributed by atoms with Crippen LogP contribution in [0, 0.1) is 0 Å². The van der Waals surface area contributed by atoms with E-state index in [1.54, 1.807) is 9.34 Å². The molecule has 0 aliphatic carbocycles. The molecule has 0 heterocycles. The third-order valence-electron chi connectivity index (χ3n) is 2.72. The largest absolute Gasteiger partial charge is 0.344 e. The van der Waals surface area contributed by atoms with Gasteiger partial charge in [0, 0.05) is 24.2 Å². The van der Waals surface area contributed by atoms with Crippen molar-refractivity contribution in [1.82, 2.24) is 9.34 Å². The lowest BCUT2D eigenvalue weighted by Crippen LogP contribution is -2.44. The van der Waals surface area contributed by atoms with E-state index >= 15 is 0 Å². The van der Waals surface area contributed by atoms with Crippen LogP contribution in [0.3, 0.4) is 0 Å². The van der Waals surface area contributed by atoms with Crippen molar-refractivity contribution in [1.29, 1.82) is 0 Å². The Morgan fingerprint density at radius 2 is 0.882 bits per heavy atom. The molecule has 0 aromatic carbocycles. The SMILES string of the molecule is CC(C)N(C(C)C)P(=O)(O)N(C(C)C)C(C)C. The van der Waals surface area contributed by atoms with Crippen LogP contribution in [0.15, 0.2) is 0 Å². The van der Waals surface area contributed by atoms with Crippen LogP contribution in [0.2, 0.25) is 0 Å². The van der Waals surface area contributed by atoms with Crippen LogP contribution >= 0.6 is 7.67 Å². The summed E-state index contributed by atoms with van der Waals surface area (Å²) in [7, 11) is -3.47. The molecule has 0 saturated heterocycles. The summed E-state index contributed by atoms with van der Waals surface area (Å²) in [6.07, 6.45) is 0. The molecule has 4 nitrogen and oxygen atoms in total. The van der Waals surface area contributed by atoms with Crippen LogP contribution in [0.5, 0.6) is 0 Å². The molecule has 17 heavy (non-hydrogen) atoms. The van der Waals surface area contributed by atoms with E-state index in [-0.39, 0.29) is 24.2 Å². The molecule has 0 atom stereocenters. The third kappa shape index (κ3) is 4.06. The van der Waals surface area contributed by atoms with Crippen molar-refractivity contribution < 1.29 is 9.46 Å². The smallest absolute Gasteiger partial charge is 0.322 e. The van der Waals surface area contributed by atoms with Crippen LogP contribution in [-0.2, 0) is 4.57 Å². The predicted molar refractivity (Wildman–Crippen MR) is 74.0 cm³/mol. The van der Waals surface area contributed by atoms with Gasteiger partial charge in [0.05, 0.1) is 0 Å². The molecule has 0 aromatic heterocycles. The Labute approximate surface area is 107 Å². The van der Waals surface area contributed by atoms with Crippen molar-refractivity contribution in [3.8, 4) is 0 Å². The fourth-order valence-corrected chi connectivity index (χ4v) is 5.16. The summed E-state index contributed by atoms with van der Waals surface area (Å²) in [5.41, 5.74) is 0. The van der Waals surface area contributed by atoms with Crippen LogP contribution in [0.1, 0.15) is 55.4 Å². The van der Waals surface area contributed by atoms with Gasteiger partial charge < -0.3 is 4.89 Å². The van der Waals surface area contributed by atoms with Gasteiger partial charge in [-0.2, -0.15) is 0 Å². The molecule has 0 aliphatic heterocycles. The second-order valence-corrected chi connectivity index (χ2v) is 7.60. The van der Waals surface area contributed by atoms with E-state index in [4.69, 9.17) is 0 Å². The summed E-state index contributed by atoms with van der Waals surface area (Å²) >= 11 is 0. The molecule has 5 heteroatoms. The molecule has 0 aliphatic rings. The number of hydrogen-bond acceptors (Lipinski definition) is 1. The van der Waals surface area contributed by atoms with Crippen LogP contribution in [0.25, 0.3) is 0 Å². The highest BCUT2D eigenvalue weighted by Crippen LogP contribution is 2.53. The monoisotopic (exact) mass is 264 g/mol. The molecule has 0 fully saturated rings. The molecule has 0 aromatic rings. The molecule has 104 valence electrons. The molecular formula is C12H29N2O2P. The van der Waals surface area contributed by atoms with E-state index in [1.165, 1.54) is 0 Å². The first kappa shape index (κ1) is 17.1. The second kappa shape index (κ2) is 6.33. The van der Waals surface area contributed by atoms with Gasteiger partial charge >= 0.3 is 7.67 Å². The first-order valence-electron chi connectivity index (χ1n) is 6.43. The Kier molecular flexibility index (Phi) is 6.37. The maximum absolute atomic E-state index is 12.8. The zero-order chi connectivity index (χ0) is 14.0. The summed E-state index contributed by atoms with van der Waals surface area (Å²) < 4.78 is 16.2. The molecule has 0 bridgehead atoms. The Morgan fingerprint density at radius 1 is 0.706 bits per heavy atom. The zero-order valence-corrected chi connectivity index (χ0v) is 13.4. The predicted octanol–water partition coefficient (Wildman–Crippen LogP) is 3.32. The summed E-state index contributed by atoms with van der Waals surface area (Å²) in [4.78, 5) is 10.5. The van der Waals surface area contributed by atoms with Crippen molar-refractivity contribution in [2.75, 3.05) is 0 Å². The molecular weight excluding hydrogens is 235 g/mol. The second-order valence-electron chi connectivity index (χ2n) is 5.65. The highest BCUT2D eigenvalue weighted by molar-refractivity contribution is 7.53. The Balaban J connectivity index is 5.38. The normalized spacial score (nSPS) is 14.1. The van der Waals surface area contributed by atoms with Gasteiger partial charge in [0.15, 0.2) is 0 Å². The lowest BCUT2D eigenvalue weighted by atomic mass is 10.3. The van der Waals surface area contributed by atoms with E-state index in [1.807, 2.05) is 55.4 Å². The van der Waals surface area contributed by atoms with Crippen LogP contribution in [0.4, 0.5) is 0 Å². The molecule has 0 spiro atoms. The highest BCUT2D eigenvalue weighted by Gasteiger charge is 2.41. The molecule has 1 N–H and O–H groups in total. The first-order valence-corrected chi connectivity index (χ1v) is 8.00. The van der Waals surface area contributed by atoms with Gasteiger partial charge in [0.2, 0.25) is 0 Å². The molecule has 0 saturated carbocycles. The number of nitrogens with zero attached hydrogens (tertiary/aromatic N) is 2. The van der Waals surface area contributed by atoms with Crippen molar-refractivity contribution >= 4 is 7.67 Å². The van der Waals surface area contributed by atoms with Gasteiger partial charge in [0.1, 0.15) is 0 Å². The van der Waals surface area contributed by atoms with Crippen molar-refractivity contribution in [3.63, 3.8) is 0 Å². The first-order chi connectivity index (χ1) is 7.53. The van der Waals surface area contributed by atoms with E-state index in [0.717, 1.165) is 0 Å². The van der Waals surface area contributed by atoms with E-state index in [2.05, 4.69) is 0 Å². The van der Waals surface area contributed by atoms with E-state index < -0.39 is 7.67 Å². The standard InChI is InChI=1S/C12H29N2O2P/c1-9(2)13(10(3)4)17(15,16)14(11(5)6)12(7)8/h9-12H,1-8H3,(H,15,16). The molecule has 0 unspecified atom stereocenters. The van der Waals surface area contributed by atoms with Crippen LogP contribution < -0.4 is 0 Å². The highest BCUT2D eigenvalue weighted by atomic mass is 31.2. The van der Waals surface area contributed by atoms with Crippen molar-refractivity contribution in [2.24, 2.45) is 0 Å². The van der Waals surface area contributed by atoms with Gasteiger partial charge in [-0.15, -0.1) is 0 Å².